The average molecular weight is 695 g/mol. The van der Waals surface area contributed by atoms with E-state index >= 15 is 0 Å². The van der Waals surface area contributed by atoms with Crippen LogP contribution in [0.3, 0.4) is 0 Å². The van der Waals surface area contributed by atoms with Crippen LogP contribution in [0.1, 0.15) is 52.1 Å². The van der Waals surface area contributed by atoms with Crippen molar-refractivity contribution < 1.29 is 9.47 Å². The summed E-state index contributed by atoms with van der Waals surface area (Å²) in [5.74, 6) is 3.02. The van der Waals surface area contributed by atoms with Gasteiger partial charge in [-0.3, -0.25) is 0 Å². The first-order chi connectivity index (χ1) is 26.7. The second kappa shape index (κ2) is 13.1. The predicted molar refractivity (Wildman–Crippen MR) is 220 cm³/mol. The topological polar surface area (TPSA) is 18.5 Å². The van der Waals surface area contributed by atoms with Crippen molar-refractivity contribution in [1.29, 1.82) is 0 Å². The van der Waals surface area contributed by atoms with Gasteiger partial charge in [0.1, 0.15) is 0 Å². The van der Waals surface area contributed by atoms with Gasteiger partial charge in [-0.15, -0.1) is 6.58 Å². The van der Waals surface area contributed by atoms with Gasteiger partial charge in [-0.25, -0.2) is 0 Å². The minimum Gasteiger partial charge on any atom is -0.449 e. The second-order valence-corrected chi connectivity index (χ2v) is 14.3. The van der Waals surface area contributed by atoms with Crippen molar-refractivity contribution in [2.75, 3.05) is 0 Å². The summed E-state index contributed by atoms with van der Waals surface area (Å²) >= 11 is 0. The number of fused-ring (bicyclic) bond motifs is 5. The number of para-hydroxylation sites is 1. The van der Waals surface area contributed by atoms with E-state index in [1.165, 1.54) is 50.1 Å². The quantitative estimate of drug-likeness (QED) is 0.155. The van der Waals surface area contributed by atoms with E-state index in [9.17, 15) is 0 Å². The van der Waals surface area contributed by atoms with Crippen LogP contribution in [0.15, 0.2) is 200 Å². The summed E-state index contributed by atoms with van der Waals surface area (Å²) in [6.45, 7) is 4.27. The van der Waals surface area contributed by atoms with Gasteiger partial charge in [-0.2, -0.15) is 0 Å². The summed E-state index contributed by atoms with van der Waals surface area (Å²) in [5.41, 5.74) is 13.9. The standard InChI is InChI=1S/C52H38O2/c1-2-42(37-20-14-19-36(33-37)35-17-6-3-7-18-35)38-21-15-22-39(34-38)43-28-16-30-47-50(43)53-48-32-31-46-49(51(48)54-47)44-27-12-13-29-45(44)52(46,40-23-8-4-9-24-40)41-25-10-5-11-26-41/h2-11,13-26,28-34,42H,1,12,27H2. The maximum Gasteiger partial charge on any atom is 0.177 e. The van der Waals surface area contributed by atoms with Crippen LogP contribution in [0.25, 0.3) is 27.8 Å². The Kier molecular flexibility index (Phi) is 7.77. The smallest absolute Gasteiger partial charge is 0.177 e. The molecule has 0 radical (unpaired) electrons. The molecule has 2 nitrogen and oxygen atoms in total. The molecule has 0 bridgehead atoms. The monoisotopic (exact) mass is 694 g/mol. The summed E-state index contributed by atoms with van der Waals surface area (Å²) < 4.78 is 14.0. The van der Waals surface area contributed by atoms with E-state index in [4.69, 9.17) is 9.47 Å². The van der Waals surface area contributed by atoms with Crippen LogP contribution in [0.4, 0.5) is 0 Å². The second-order valence-electron chi connectivity index (χ2n) is 14.3. The van der Waals surface area contributed by atoms with Gasteiger partial charge >= 0.3 is 0 Å². The minimum atomic E-state index is -0.465. The zero-order chi connectivity index (χ0) is 36.1. The summed E-state index contributed by atoms with van der Waals surface area (Å²) in [5, 5.41) is 0. The Morgan fingerprint density at radius 2 is 1.15 bits per heavy atom. The molecule has 7 aromatic carbocycles. The third kappa shape index (κ3) is 5.02. The Balaban J connectivity index is 1.06. The maximum atomic E-state index is 7.02. The van der Waals surface area contributed by atoms with E-state index in [-0.39, 0.29) is 5.92 Å². The van der Waals surface area contributed by atoms with Gasteiger partial charge < -0.3 is 9.47 Å². The highest BCUT2D eigenvalue weighted by atomic mass is 16.6. The van der Waals surface area contributed by atoms with E-state index < -0.39 is 5.41 Å². The van der Waals surface area contributed by atoms with Gasteiger partial charge in [-0.05, 0) is 80.6 Å². The van der Waals surface area contributed by atoms with Crippen LogP contribution in [0, 0.1) is 0 Å². The highest BCUT2D eigenvalue weighted by Gasteiger charge is 2.49. The van der Waals surface area contributed by atoms with E-state index in [2.05, 4.69) is 183 Å². The van der Waals surface area contributed by atoms with Gasteiger partial charge in [0, 0.05) is 17.0 Å². The lowest BCUT2D eigenvalue weighted by Gasteiger charge is -2.35. The molecule has 1 heterocycles. The van der Waals surface area contributed by atoms with Crippen LogP contribution >= 0.6 is 0 Å². The first-order valence-electron chi connectivity index (χ1n) is 18.8. The normalized spacial score (nSPS) is 15.2. The number of hydrogen-bond acceptors (Lipinski definition) is 2. The molecule has 1 unspecified atom stereocenters. The Labute approximate surface area is 317 Å². The summed E-state index contributed by atoms with van der Waals surface area (Å²) in [6, 6.07) is 60.5. The third-order valence-corrected chi connectivity index (χ3v) is 11.4. The molecule has 7 aromatic rings. The van der Waals surface area contributed by atoms with Crippen molar-refractivity contribution >= 4 is 5.57 Å². The van der Waals surface area contributed by atoms with Crippen molar-refractivity contribution in [2.45, 2.75) is 24.2 Å². The molecule has 2 heteroatoms. The number of hydrogen-bond donors (Lipinski definition) is 0. The third-order valence-electron chi connectivity index (χ3n) is 11.4. The summed E-state index contributed by atoms with van der Waals surface area (Å²) in [6.07, 6.45) is 8.64. The molecular weight excluding hydrogens is 657 g/mol. The molecular formula is C52H38O2. The Morgan fingerprint density at radius 1 is 0.556 bits per heavy atom. The molecule has 0 N–H and O–H groups in total. The van der Waals surface area contributed by atoms with Crippen molar-refractivity contribution in [3.05, 3.63) is 234 Å². The zero-order valence-corrected chi connectivity index (χ0v) is 29.9. The number of rotatable bonds is 7. The number of ether oxygens (including phenoxy) is 2. The van der Waals surface area contributed by atoms with E-state index in [0.717, 1.165) is 52.5 Å². The summed E-state index contributed by atoms with van der Waals surface area (Å²) in [7, 11) is 0. The number of allylic oxidation sites excluding steroid dienone is 5. The zero-order valence-electron chi connectivity index (χ0n) is 29.9. The predicted octanol–water partition coefficient (Wildman–Crippen LogP) is 13.7. The fraction of sp³-hybridized carbons (Fsp3) is 0.0769. The van der Waals surface area contributed by atoms with Gasteiger partial charge in [0.2, 0.25) is 0 Å². The molecule has 0 aromatic heterocycles. The number of benzene rings is 7. The highest BCUT2D eigenvalue weighted by molar-refractivity contribution is 5.92. The maximum absolute atomic E-state index is 7.02. The average Bonchev–Trinajstić information content (AvgIpc) is 3.56. The lowest BCUT2D eigenvalue weighted by atomic mass is 9.66. The molecule has 54 heavy (non-hydrogen) atoms. The van der Waals surface area contributed by atoms with Crippen LogP contribution in [-0.4, -0.2) is 0 Å². The van der Waals surface area contributed by atoms with E-state index in [1.807, 2.05) is 12.1 Å². The molecule has 0 saturated carbocycles. The molecule has 0 spiro atoms. The molecule has 1 atom stereocenters. The van der Waals surface area contributed by atoms with Crippen molar-refractivity contribution in [3.8, 4) is 45.3 Å². The van der Waals surface area contributed by atoms with E-state index in [1.54, 1.807) is 0 Å². The van der Waals surface area contributed by atoms with Crippen molar-refractivity contribution in [2.24, 2.45) is 0 Å². The Bertz CT molecular complexity index is 2570. The fourth-order valence-electron chi connectivity index (χ4n) is 9.00. The largest absolute Gasteiger partial charge is 0.449 e. The summed E-state index contributed by atoms with van der Waals surface area (Å²) in [4.78, 5) is 0. The van der Waals surface area contributed by atoms with Gasteiger partial charge in [0.05, 0.1) is 5.41 Å². The highest BCUT2D eigenvalue weighted by Crippen LogP contribution is 2.62. The van der Waals surface area contributed by atoms with Gasteiger partial charge in [0.25, 0.3) is 0 Å². The van der Waals surface area contributed by atoms with Crippen LogP contribution in [-0.2, 0) is 5.41 Å². The first-order valence-corrected chi connectivity index (χ1v) is 18.8. The van der Waals surface area contributed by atoms with Gasteiger partial charge in [0.15, 0.2) is 23.0 Å². The lowest BCUT2D eigenvalue weighted by Crippen LogP contribution is -2.29. The Morgan fingerprint density at radius 3 is 1.85 bits per heavy atom. The van der Waals surface area contributed by atoms with Crippen LogP contribution in [0.2, 0.25) is 0 Å². The molecule has 258 valence electrons. The molecule has 1 aliphatic heterocycles. The van der Waals surface area contributed by atoms with Crippen molar-refractivity contribution in [3.63, 3.8) is 0 Å². The van der Waals surface area contributed by atoms with Crippen molar-refractivity contribution in [1.82, 2.24) is 0 Å². The molecule has 2 aliphatic carbocycles. The Hall–Kier alpha value is -6.64. The SMILES string of the molecule is C=CC(c1cccc(-c2ccccc2)c1)c1cccc(-c2cccc3c2Oc2ccc4c(c2O3)C2=C(C=CCC2)C4(c2ccccc2)c2ccccc2)c1. The van der Waals surface area contributed by atoms with Gasteiger partial charge in [-0.1, -0.05) is 176 Å². The van der Waals surface area contributed by atoms with E-state index in [0.29, 0.717) is 0 Å². The lowest BCUT2D eigenvalue weighted by molar-refractivity contribution is 0.359. The molecule has 10 rings (SSSR count). The minimum absolute atomic E-state index is 0.0233. The first kappa shape index (κ1) is 32.0. The fourth-order valence-corrected chi connectivity index (χ4v) is 9.00. The molecule has 0 amide bonds. The molecule has 0 saturated heterocycles. The van der Waals surface area contributed by atoms with Crippen LogP contribution < -0.4 is 9.47 Å². The molecule has 3 aliphatic rings. The van der Waals surface area contributed by atoms with Crippen LogP contribution in [0.5, 0.6) is 23.0 Å². The molecule has 0 fully saturated rings.